The second-order valence-corrected chi connectivity index (χ2v) is 7.52. The van der Waals surface area contributed by atoms with Crippen LogP contribution in [0, 0.1) is 5.82 Å². The zero-order chi connectivity index (χ0) is 19.2. The van der Waals surface area contributed by atoms with Crippen LogP contribution in [-0.4, -0.2) is 64.9 Å². The molecular weight excluding hydrogens is 347 g/mol. The number of rotatable bonds is 2. The average molecular weight is 370 g/mol. The van der Waals surface area contributed by atoms with E-state index < -0.39 is 0 Å². The smallest absolute Gasteiger partial charge is 0.270 e. The summed E-state index contributed by atoms with van der Waals surface area (Å²) in [4.78, 5) is 31.0. The van der Waals surface area contributed by atoms with Gasteiger partial charge in [0.15, 0.2) is 0 Å². The summed E-state index contributed by atoms with van der Waals surface area (Å²) in [7, 11) is 3.79. The minimum Gasteiger partial charge on any atom is -0.347 e. The lowest BCUT2D eigenvalue weighted by atomic mass is 9.92. The summed E-state index contributed by atoms with van der Waals surface area (Å²) in [6.07, 6.45) is 2.63. The van der Waals surface area contributed by atoms with Crippen molar-refractivity contribution in [2.45, 2.75) is 12.0 Å². The largest absolute Gasteiger partial charge is 0.347 e. The van der Waals surface area contributed by atoms with Gasteiger partial charge in [-0.25, -0.2) is 4.39 Å². The van der Waals surface area contributed by atoms with Gasteiger partial charge in [-0.2, -0.15) is 0 Å². The molecule has 6 nitrogen and oxygen atoms in total. The highest BCUT2D eigenvalue weighted by Crippen LogP contribution is 2.34. The van der Waals surface area contributed by atoms with Crippen LogP contribution in [0.2, 0.25) is 0 Å². The third-order valence-electron chi connectivity index (χ3n) is 5.84. The van der Waals surface area contributed by atoms with E-state index in [9.17, 15) is 14.0 Å². The highest BCUT2D eigenvalue weighted by molar-refractivity contribution is 5.96. The summed E-state index contributed by atoms with van der Waals surface area (Å²) in [5.74, 6) is -0.414. The Bertz CT molecular complexity index is 896. The van der Waals surface area contributed by atoms with Crippen LogP contribution in [0.5, 0.6) is 0 Å². The lowest BCUT2D eigenvalue weighted by molar-refractivity contribution is -0.123. The molecule has 2 fully saturated rings. The van der Waals surface area contributed by atoms with Crippen LogP contribution in [0.4, 0.5) is 10.1 Å². The van der Waals surface area contributed by atoms with E-state index in [-0.39, 0.29) is 29.7 Å². The fourth-order valence-corrected chi connectivity index (χ4v) is 4.15. The lowest BCUT2D eigenvalue weighted by Crippen LogP contribution is -2.64. The molecule has 2 aliphatic rings. The van der Waals surface area contributed by atoms with Gasteiger partial charge in [0.05, 0.1) is 12.1 Å². The Morgan fingerprint density at radius 3 is 2.67 bits per heavy atom. The Hall–Kier alpha value is -2.67. The van der Waals surface area contributed by atoms with E-state index in [1.54, 1.807) is 17.0 Å². The van der Waals surface area contributed by atoms with Gasteiger partial charge in [-0.05, 0) is 43.8 Å². The molecule has 27 heavy (non-hydrogen) atoms. The molecule has 2 aromatic rings. The number of hydrogen-bond acceptors (Lipinski definition) is 3. The van der Waals surface area contributed by atoms with Crippen LogP contribution in [0.3, 0.4) is 0 Å². The monoisotopic (exact) mass is 370 g/mol. The minimum atomic E-state index is -0.361. The quantitative estimate of drug-likeness (QED) is 0.809. The number of benzene rings is 1. The first-order valence-electron chi connectivity index (χ1n) is 9.07. The number of aryl methyl sites for hydroxylation is 1. The molecule has 0 N–H and O–H groups in total. The molecule has 142 valence electrons. The van der Waals surface area contributed by atoms with Gasteiger partial charge in [-0.15, -0.1) is 0 Å². The number of hydrogen-bond donors (Lipinski definition) is 0. The lowest BCUT2D eigenvalue weighted by Gasteiger charge is -2.46. The molecule has 0 radical (unpaired) electrons. The van der Waals surface area contributed by atoms with E-state index in [4.69, 9.17) is 0 Å². The topological polar surface area (TPSA) is 48.8 Å². The maximum absolute atomic E-state index is 13.7. The summed E-state index contributed by atoms with van der Waals surface area (Å²) in [5, 5.41) is 0. The second kappa shape index (κ2) is 6.49. The van der Waals surface area contributed by atoms with Gasteiger partial charge in [0.25, 0.3) is 5.91 Å². The first-order chi connectivity index (χ1) is 12.9. The molecular formula is C20H23FN4O2. The van der Waals surface area contributed by atoms with Gasteiger partial charge in [0.1, 0.15) is 11.5 Å². The second-order valence-electron chi connectivity index (χ2n) is 7.52. The molecule has 4 rings (SSSR count). The van der Waals surface area contributed by atoms with Gasteiger partial charge in [0.2, 0.25) is 5.91 Å². The van der Waals surface area contributed by atoms with E-state index in [1.807, 2.05) is 46.8 Å². The standard InChI is InChI=1S/C20H23FN4O2/c1-22-9-4-7-17(22)19(27)24-10-8-20(13-24)14-25(18(26)12-23(20)2)16-6-3-5-15(21)11-16/h3-7,9,11H,8,10,12-14H2,1-2H3. The van der Waals surface area contributed by atoms with Crippen molar-refractivity contribution >= 4 is 17.5 Å². The SMILES string of the molecule is CN1CC(=O)N(c2cccc(F)c2)CC12CCN(C(=O)c1cccn1C)C2. The van der Waals surface area contributed by atoms with Crippen LogP contribution < -0.4 is 4.90 Å². The Balaban J connectivity index is 1.58. The van der Waals surface area contributed by atoms with Crippen molar-refractivity contribution in [3.63, 3.8) is 0 Å². The number of likely N-dealkylation sites (N-methyl/N-ethyl adjacent to an activating group) is 1. The predicted molar refractivity (Wildman–Crippen MR) is 100 cm³/mol. The third kappa shape index (κ3) is 3.02. The van der Waals surface area contributed by atoms with E-state index in [2.05, 4.69) is 0 Å². The number of aromatic nitrogens is 1. The van der Waals surface area contributed by atoms with Crippen molar-refractivity contribution in [1.82, 2.24) is 14.4 Å². The van der Waals surface area contributed by atoms with Crippen molar-refractivity contribution in [2.24, 2.45) is 7.05 Å². The van der Waals surface area contributed by atoms with Crippen molar-refractivity contribution in [3.05, 3.63) is 54.1 Å². The Morgan fingerprint density at radius 1 is 1.15 bits per heavy atom. The fraction of sp³-hybridized carbons (Fsp3) is 0.400. The van der Waals surface area contributed by atoms with Crippen LogP contribution in [0.25, 0.3) is 0 Å². The van der Waals surface area contributed by atoms with Crippen LogP contribution in [0.15, 0.2) is 42.6 Å². The summed E-state index contributed by atoms with van der Waals surface area (Å²) >= 11 is 0. The normalized spacial score (nSPS) is 23.4. The highest BCUT2D eigenvalue weighted by atomic mass is 19.1. The maximum Gasteiger partial charge on any atom is 0.270 e. The molecule has 1 atom stereocenters. The Kier molecular flexibility index (Phi) is 4.26. The Morgan fingerprint density at radius 2 is 1.96 bits per heavy atom. The number of piperazine rings is 1. The van der Waals surface area contributed by atoms with Crippen molar-refractivity contribution in [3.8, 4) is 0 Å². The maximum atomic E-state index is 13.7. The Labute approximate surface area is 157 Å². The molecule has 2 saturated heterocycles. The first-order valence-corrected chi connectivity index (χ1v) is 9.07. The van der Waals surface area contributed by atoms with Crippen LogP contribution in [0.1, 0.15) is 16.9 Å². The molecule has 2 aliphatic heterocycles. The molecule has 1 unspecified atom stereocenters. The van der Waals surface area contributed by atoms with Gasteiger partial charge < -0.3 is 14.4 Å². The number of carbonyl (C=O) groups excluding carboxylic acids is 2. The average Bonchev–Trinajstić information content (AvgIpc) is 3.25. The summed E-state index contributed by atoms with van der Waals surface area (Å²) in [5.41, 5.74) is 0.907. The summed E-state index contributed by atoms with van der Waals surface area (Å²) in [6, 6.07) is 9.80. The first kappa shape index (κ1) is 17.7. The number of nitrogens with zero attached hydrogens (tertiary/aromatic N) is 4. The fourth-order valence-electron chi connectivity index (χ4n) is 4.15. The van der Waals surface area contributed by atoms with Crippen LogP contribution in [-0.2, 0) is 11.8 Å². The number of halogens is 1. The molecule has 1 aromatic heterocycles. The molecule has 3 heterocycles. The van der Waals surface area contributed by atoms with Crippen molar-refractivity contribution in [1.29, 1.82) is 0 Å². The van der Waals surface area contributed by atoms with E-state index >= 15 is 0 Å². The molecule has 7 heteroatoms. The number of anilines is 1. The van der Waals surface area contributed by atoms with Gasteiger partial charge in [-0.1, -0.05) is 6.07 Å². The number of likely N-dealkylation sites (tertiary alicyclic amines) is 1. The zero-order valence-corrected chi connectivity index (χ0v) is 15.6. The predicted octanol–water partition coefficient (Wildman–Crippen LogP) is 1.73. The van der Waals surface area contributed by atoms with E-state index in [0.29, 0.717) is 31.0 Å². The molecule has 0 aliphatic carbocycles. The highest BCUT2D eigenvalue weighted by Gasteiger charge is 2.48. The number of amides is 2. The van der Waals surface area contributed by atoms with E-state index in [1.165, 1.54) is 12.1 Å². The third-order valence-corrected chi connectivity index (χ3v) is 5.84. The number of carbonyl (C=O) groups is 2. The summed E-state index contributed by atoms with van der Waals surface area (Å²) < 4.78 is 15.5. The van der Waals surface area contributed by atoms with Gasteiger partial charge >= 0.3 is 0 Å². The molecule has 1 spiro atoms. The van der Waals surface area contributed by atoms with Gasteiger partial charge in [-0.3, -0.25) is 14.5 Å². The molecule has 1 aromatic carbocycles. The van der Waals surface area contributed by atoms with E-state index in [0.717, 1.165) is 6.42 Å². The summed E-state index contributed by atoms with van der Waals surface area (Å²) in [6.45, 7) is 1.89. The van der Waals surface area contributed by atoms with Crippen LogP contribution >= 0.6 is 0 Å². The zero-order valence-electron chi connectivity index (χ0n) is 15.6. The molecule has 2 amide bonds. The molecule has 0 saturated carbocycles. The minimum absolute atomic E-state index is 0.00183. The molecule has 0 bridgehead atoms. The van der Waals surface area contributed by atoms with Crippen molar-refractivity contribution in [2.75, 3.05) is 38.1 Å². The van der Waals surface area contributed by atoms with Gasteiger partial charge in [0, 0.05) is 38.6 Å². The van der Waals surface area contributed by atoms with Crippen molar-refractivity contribution < 1.29 is 14.0 Å².